The van der Waals surface area contributed by atoms with Crippen molar-refractivity contribution in [1.82, 2.24) is 5.32 Å². The summed E-state index contributed by atoms with van der Waals surface area (Å²) in [6, 6.07) is 22.0. The Labute approximate surface area is 198 Å². The number of benzene rings is 3. The lowest BCUT2D eigenvalue weighted by atomic mass is 9.98. The van der Waals surface area contributed by atoms with Gasteiger partial charge in [0.15, 0.2) is 0 Å². The second-order valence-electron chi connectivity index (χ2n) is 8.35. The molecule has 0 spiro atoms. The van der Waals surface area contributed by atoms with Gasteiger partial charge in [0, 0.05) is 25.4 Å². The number of carboxylic acids is 1. The first-order chi connectivity index (χ1) is 16.4. The van der Waals surface area contributed by atoms with Gasteiger partial charge in [-0.05, 0) is 41.3 Å². The number of ether oxygens (including phenoxy) is 1. The minimum absolute atomic E-state index is 0.00531. The van der Waals surface area contributed by atoms with E-state index >= 15 is 0 Å². The first kappa shape index (κ1) is 23.0. The minimum atomic E-state index is -1.11. The monoisotopic (exact) mass is 458 g/mol. The molecule has 1 aliphatic rings. The molecule has 7 heteroatoms. The van der Waals surface area contributed by atoms with Crippen molar-refractivity contribution < 1.29 is 24.2 Å². The normalized spacial score (nSPS) is 12.9. The highest BCUT2D eigenvalue weighted by Crippen LogP contribution is 2.44. The van der Waals surface area contributed by atoms with E-state index in [1.54, 1.807) is 25.1 Å². The van der Waals surface area contributed by atoms with Gasteiger partial charge >= 0.3 is 12.1 Å². The van der Waals surface area contributed by atoms with Gasteiger partial charge in [0.2, 0.25) is 5.91 Å². The predicted octanol–water partition coefficient (Wildman–Crippen LogP) is 4.66. The maximum atomic E-state index is 12.7. The highest BCUT2D eigenvalue weighted by Gasteiger charge is 2.29. The third kappa shape index (κ3) is 4.64. The van der Waals surface area contributed by atoms with E-state index in [0.29, 0.717) is 5.69 Å². The van der Waals surface area contributed by atoms with Crippen LogP contribution in [-0.4, -0.2) is 42.8 Å². The summed E-state index contributed by atoms with van der Waals surface area (Å²) in [5.41, 5.74) is 4.88. The molecule has 0 aromatic heterocycles. The van der Waals surface area contributed by atoms with Gasteiger partial charge in [0.25, 0.3) is 0 Å². The lowest BCUT2D eigenvalue weighted by molar-refractivity contribution is -0.118. The Morgan fingerprint density at radius 1 is 0.941 bits per heavy atom. The van der Waals surface area contributed by atoms with Crippen molar-refractivity contribution in [3.63, 3.8) is 0 Å². The summed E-state index contributed by atoms with van der Waals surface area (Å²) in [5, 5.41) is 12.1. The standard InChI is InChI=1S/C27H26N2O5/c1-17(15-25(30)29(2)24-14-8-7-13-22(24)26(31)32)28-27(33)34-16-23-20-11-5-3-9-18(20)19-10-4-6-12-21(19)23/h3-14,17,23H,15-16H2,1-2H3,(H,28,33)(H,31,32)/t17-/m1/s1. The van der Waals surface area contributed by atoms with E-state index in [4.69, 9.17) is 4.74 Å². The molecule has 0 heterocycles. The molecule has 3 aromatic rings. The number of hydrogen-bond acceptors (Lipinski definition) is 4. The van der Waals surface area contributed by atoms with Gasteiger partial charge in [-0.1, -0.05) is 60.7 Å². The highest BCUT2D eigenvalue weighted by atomic mass is 16.5. The minimum Gasteiger partial charge on any atom is -0.478 e. The zero-order valence-corrected chi connectivity index (χ0v) is 19.0. The van der Waals surface area contributed by atoms with Crippen LogP contribution in [0.15, 0.2) is 72.8 Å². The second kappa shape index (κ2) is 9.79. The molecule has 0 bridgehead atoms. The molecule has 3 aromatic carbocycles. The molecule has 174 valence electrons. The molecule has 0 unspecified atom stereocenters. The van der Waals surface area contributed by atoms with Gasteiger partial charge in [-0.25, -0.2) is 9.59 Å². The van der Waals surface area contributed by atoms with Crippen molar-refractivity contribution in [3.05, 3.63) is 89.5 Å². The fourth-order valence-corrected chi connectivity index (χ4v) is 4.37. The van der Waals surface area contributed by atoms with Crippen LogP contribution in [0.3, 0.4) is 0 Å². The zero-order valence-electron chi connectivity index (χ0n) is 19.0. The SMILES string of the molecule is C[C@H](CC(=O)N(C)c1ccccc1C(=O)O)NC(=O)OCC1c2ccccc2-c2ccccc21. The summed E-state index contributed by atoms with van der Waals surface area (Å²) < 4.78 is 5.53. The van der Waals surface area contributed by atoms with Gasteiger partial charge in [0.05, 0.1) is 11.3 Å². The molecule has 0 saturated heterocycles. The molecule has 0 radical (unpaired) electrons. The van der Waals surface area contributed by atoms with Crippen LogP contribution in [0.5, 0.6) is 0 Å². The van der Waals surface area contributed by atoms with Crippen molar-refractivity contribution in [2.24, 2.45) is 0 Å². The molecule has 1 atom stereocenters. The van der Waals surface area contributed by atoms with E-state index in [2.05, 4.69) is 17.4 Å². The summed E-state index contributed by atoms with van der Waals surface area (Å²) in [7, 11) is 1.52. The molecule has 4 rings (SSSR count). The first-order valence-corrected chi connectivity index (χ1v) is 11.1. The topological polar surface area (TPSA) is 95.9 Å². The van der Waals surface area contributed by atoms with Crippen LogP contribution < -0.4 is 10.2 Å². The van der Waals surface area contributed by atoms with Crippen molar-refractivity contribution >= 4 is 23.7 Å². The van der Waals surface area contributed by atoms with Gasteiger partial charge in [-0.3, -0.25) is 4.79 Å². The maximum absolute atomic E-state index is 12.7. The summed E-state index contributed by atoms with van der Waals surface area (Å²) in [6.07, 6.45) is -0.606. The summed E-state index contributed by atoms with van der Waals surface area (Å²) in [5.74, 6) is -1.48. The Morgan fingerprint density at radius 3 is 2.12 bits per heavy atom. The number of alkyl carbamates (subject to hydrolysis) is 1. The van der Waals surface area contributed by atoms with E-state index in [9.17, 15) is 19.5 Å². The van der Waals surface area contributed by atoms with Gasteiger partial charge in [-0.2, -0.15) is 0 Å². The van der Waals surface area contributed by atoms with Crippen LogP contribution in [0.1, 0.15) is 40.7 Å². The van der Waals surface area contributed by atoms with Gasteiger partial charge in [0.1, 0.15) is 6.61 Å². The molecule has 34 heavy (non-hydrogen) atoms. The highest BCUT2D eigenvalue weighted by molar-refractivity contribution is 6.01. The number of nitrogens with zero attached hydrogens (tertiary/aromatic N) is 1. The third-order valence-corrected chi connectivity index (χ3v) is 6.06. The number of amides is 2. The fourth-order valence-electron chi connectivity index (χ4n) is 4.37. The predicted molar refractivity (Wildman–Crippen MR) is 129 cm³/mol. The smallest absolute Gasteiger partial charge is 0.407 e. The Balaban J connectivity index is 1.34. The molecular formula is C27H26N2O5. The number of hydrogen-bond donors (Lipinski definition) is 2. The van der Waals surface area contributed by atoms with E-state index in [-0.39, 0.29) is 30.4 Å². The summed E-state index contributed by atoms with van der Waals surface area (Å²) in [6.45, 7) is 1.89. The van der Waals surface area contributed by atoms with Crippen molar-refractivity contribution in [2.45, 2.75) is 25.3 Å². The van der Waals surface area contributed by atoms with Crippen LogP contribution >= 0.6 is 0 Å². The van der Waals surface area contributed by atoms with Crippen molar-refractivity contribution in [1.29, 1.82) is 0 Å². The lowest BCUT2D eigenvalue weighted by Gasteiger charge is -2.22. The number of rotatable bonds is 7. The number of carboxylic acid groups (broad SMARTS) is 1. The number of carbonyl (C=O) groups excluding carboxylic acids is 2. The number of fused-ring (bicyclic) bond motifs is 3. The molecule has 2 amide bonds. The number of carbonyl (C=O) groups is 3. The van der Waals surface area contributed by atoms with Crippen molar-refractivity contribution in [3.8, 4) is 11.1 Å². The largest absolute Gasteiger partial charge is 0.478 e. The molecule has 7 nitrogen and oxygen atoms in total. The Morgan fingerprint density at radius 2 is 1.50 bits per heavy atom. The first-order valence-electron chi connectivity index (χ1n) is 11.1. The van der Waals surface area contributed by atoms with Gasteiger partial charge < -0.3 is 20.1 Å². The average Bonchev–Trinajstić information content (AvgIpc) is 3.15. The Kier molecular flexibility index (Phi) is 6.63. The molecular weight excluding hydrogens is 432 g/mol. The number of anilines is 1. The number of para-hydroxylation sites is 1. The molecule has 1 aliphatic carbocycles. The fraction of sp³-hybridized carbons (Fsp3) is 0.222. The van der Waals surface area contributed by atoms with Crippen LogP contribution in [0.25, 0.3) is 11.1 Å². The van der Waals surface area contributed by atoms with Crippen molar-refractivity contribution in [2.75, 3.05) is 18.6 Å². The number of aromatic carboxylic acids is 1. The molecule has 2 N–H and O–H groups in total. The van der Waals surface area contributed by atoms with Crippen LogP contribution in [0.4, 0.5) is 10.5 Å². The molecule has 0 fully saturated rings. The van der Waals surface area contributed by atoms with Gasteiger partial charge in [-0.15, -0.1) is 0 Å². The molecule has 0 aliphatic heterocycles. The van der Waals surface area contributed by atoms with Crippen LogP contribution in [0.2, 0.25) is 0 Å². The maximum Gasteiger partial charge on any atom is 0.407 e. The Bertz CT molecular complexity index is 1190. The third-order valence-electron chi connectivity index (χ3n) is 6.06. The van der Waals surface area contributed by atoms with Crippen LogP contribution in [0, 0.1) is 0 Å². The number of nitrogens with one attached hydrogen (secondary N) is 1. The molecule has 0 saturated carbocycles. The Hall–Kier alpha value is -4.13. The van der Waals surface area contributed by atoms with Crippen LogP contribution in [-0.2, 0) is 9.53 Å². The lowest BCUT2D eigenvalue weighted by Crippen LogP contribution is -2.39. The second-order valence-corrected chi connectivity index (χ2v) is 8.35. The summed E-state index contributed by atoms with van der Waals surface area (Å²) >= 11 is 0. The average molecular weight is 459 g/mol. The van der Waals surface area contributed by atoms with E-state index in [0.717, 1.165) is 22.3 Å². The van der Waals surface area contributed by atoms with E-state index in [1.165, 1.54) is 18.0 Å². The van der Waals surface area contributed by atoms with E-state index in [1.807, 2.05) is 36.4 Å². The summed E-state index contributed by atoms with van der Waals surface area (Å²) in [4.78, 5) is 37.9. The zero-order chi connectivity index (χ0) is 24.2. The van der Waals surface area contributed by atoms with E-state index < -0.39 is 18.1 Å². The quantitative estimate of drug-likeness (QED) is 0.537.